The van der Waals surface area contributed by atoms with E-state index in [-0.39, 0.29) is 0 Å². The normalized spacial score (nSPS) is 14.3. The molecule has 1 fully saturated rings. The van der Waals surface area contributed by atoms with E-state index in [4.69, 9.17) is 9.68 Å². The number of hydrogen-bond acceptors (Lipinski definition) is 5. The Morgan fingerprint density at radius 2 is 2.35 bits per heavy atom. The van der Waals surface area contributed by atoms with E-state index < -0.39 is 0 Å². The molecule has 2 heterocycles. The third-order valence-electron chi connectivity index (χ3n) is 2.55. The van der Waals surface area contributed by atoms with Gasteiger partial charge in [0.2, 0.25) is 17.5 Å². The van der Waals surface area contributed by atoms with Gasteiger partial charge < -0.3 is 9.73 Å². The highest BCUT2D eigenvalue weighted by molar-refractivity contribution is 5.58. The minimum absolute atomic E-state index is 0.302. The number of anilines is 1. The van der Waals surface area contributed by atoms with Crippen molar-refractivity contribution in [1.82, 2.24) is 9.97 Å². The number of pyridine rings is 1. The Morgan fingerprint density at radius 1 is 1.47 bits per heavy atom. The van der Waals surface area contributed by atoms with E-state index in [0.717, 1.165) is 18.4 Å². The van der Waals surface area contributed by atoms with Crippen LogP contribution in [0.5, 0.6) is 0 Å². The quantitative estimate of drug-likeness (QED) is 0.868. The second kappa shape index (κ2) is 3.91. The highest BCUT2D eigenvalue weighted by atomic mass is 16.4. The summed E-state index contributed by atoms with van der Waals surface area (Å²) in [5.41, 5.74) is 1.07. The fraction of sp³-hybridized carbons (Fsp3) is 0.250. The number of nitriles is 1. The van der Waals surface area contributed by atoms with Gasteiger partial charge in [-0.1, -0.05) is 0 Å². The maximum absolute atomic E-state index is 8.98. The van der Waals surface area contributed by atoms with E-state index in [1.54, 1.807) is 18.5 Å². The highest BCUT2D eigenvalue weighted by Gasteiger charge is 2.25. The number of rotatable bonds is 3. The lowest BCUT2D eigenvalue weighted by Crippen LogP contribution is -2.00. The molecule has 0 aromatic carbocycles. The minimum atomic E-state index is 0.302. The van der Waals surface area contributed by atoms with Gasteiger partial charge in [0.05, 0.1) is 5.56 Å². The van der Waals surface area contributed by atoms with E-state index in [9.17, 15) is 0 Å². The standard InChI is InChI=1S/C12H10N4O/c13-6-10-12(15-9-3-4-9)17-11(16-10)8-2-1-5-14-7-8/h1-2,5,7,9,15H,3-4H2. The van der Waals surface area contributed by atoms with Gasteiger partial charge in [0.25, 0.3) is 0 Å². The number of nitrogens with one attached hydrogen (secondary N) is 1. The maximum atomic E-state index is 8.98. The predicted molar refractivity (Wildman–Crippen MR) is 61.1 cm³/mol. The van der Waals surface area contributed by atoms with Crippen LogP contribution in [0.1, 0.15) is 18.5 Å². The zero-order chi connectivity index (χ0) is 11.7. The summed E-state index contributed by atoms with van der Waals surface area (Å²) < 4.78 is 5.56. The molecule has 3 rings (SSSR count). The Hall–Kier alpha value is -2.35. The van der Waals surface area contributed by atoms with E-state index >= 15 is 0 Å². The fourth-order valence-electron chi connectivity index (χ4n) is 1.52. The van der Waals surface area contributed by atoms with Gasteiger partial charge in [-0.15, -0.1) is 0 Å². The van der Waals surface area contributed by atoms with Crippen molar-refractivity contribution in [3.63, 3.8) is 0 Å². The molecule has 0 spiro atoms. The van der Waals surface area contributed by atoms with Crippen LogP contribution in [-0.4, -0.2) is 16.0 Å². The smallest absolute Gasteiger partial charge is 0.232 e. The largest absolute Gasteiger partial charge is 0.419 e. The van der Waals surface area contributed by atoms with Gasteiger partial charge in [0.1, 0.15) is 6.07 Å². The lowest BCUT2D eigenvalue weighted by atomic mass is 10.3. The zero-order valence-electron chi connectivity index (χ0n) is 9.05. The summed E-state index contributed by atoms with van der Waals surface area (Å²) in [6.07, 6.45) is 5.58. The lowest BCUT2D eigenvalue weighted by Gasteiger charge is -1.97. The topological polar surface area (TPSA) is 74.7 Å². The average molecular weight is 226 g/mol. The fourth-order valence-corrected chi connectivity index (χ4v) is 1.52. The summed E-state index contributed by atoms with van der Waals surface area (Å²) in [4.78, 5) is 8.15. The molecule has 1 N–H and O–H groups in total. The molecule has 0 amide bonds. The molecular formula is C12H10N4O. The monoisotopic (exact) mass is 226 g/mol. The molecule has 0 unspecified atom stereocenters. The minimum Gasteiger partial charge on any atom is -0.419 e. The SMILES string of the molecule is N#Cc1nc(-c2cccnc2)oc1NC1CC1. The molecule has 84 valence electrons. The summed E-state index contributed by atoms with van der Waals surface area (Å²) >= 11 is 0. The van der Waals surface area contributed by atoms with Gasteiger partial charge in [-0.25, -0.2) is 0 Å². The molecule has 17 heavy (non-hydrogen) atoms. The highest BCUT2D eigenvalue weighted by Crippen LogP contribution is 2.29. The Labute approximate surface area is 98.1 Å². The van der Waals surface area contributed by atoms with Crippen LogP contribution in [0.3, 0.4) is 0 Å². The van der Waals surface area contributed by atoms with E-state index in [2.05, 4.69) is 15.3 Å². The third-order valence-corrected chi connectivity index (χ3v) is 2.55. The molecule has 2 aromatic rings. The molecule has 5 nitrogen and oxygen atoms in total. The summed E-state index contributed by atoms with van der Waals surface area (Å²) in [5.74, 6) is 0.895. The van der Waals surface area contributed by atoms with Crippen LogP contribution in [0.4, 0.5) is 5.88 Å². The van der Waals surface area contributed by atoms with E-state index in [1.807, 2.05) is 12.1 Å². The van der Waals surface area contributed by atoms with Crippen LogP contribution in [-0.2, 0) is 0 Å². The van der Waals surface area contributed by atoms with Crippen LogP contribution in [0.2, 0.25) is 0 Å². The Bertz CT molecular complexity index is 566. The first kappa shape index (κ1) is 9.85. The number of nitrogens with zero attached hydrogens (tertiary/aromatic N) is 3. The molecule has 2 aromatic heterocycles. The summed E-state index contributed by atoms with van der Waals surface area (Å²) in [7, 11) is 0. The first-order chi connectivity index (χ1) is 8.36. The van der Waals surface area contributed by atoms with Gasteiger partial charge in [-0.3, -0.25) is 4.98 Å². The summed E-state index contributed by atoms with van der Waals surface area (Å²) in [5, 5.41) is 12.1. The van der Waals surface area contributed by atoms with Gasteiger partial charge in [-0.2, -0.15) is 10.2 Å². The Balaban J connectivity index is 1.96. The van der Waals surface area contributed by atoms with Crippen molar-refractivity contribution in [2.45, 2.75) is 18.9 Å². The molecule has 1 aliphatic carbocycles. The van der Waals surface area contributed by atoms with Gasteiger partial charge in [0.15, 0.2) is 0 Å². The van der Waals surface area contributed by atoms with Crippen LogP contribution in [0.25, 0.3) is 11.5 Å². The van der Waals surface area contributed by atoms with Gasteiger partial charge in [-0.05, 0) is 25.0 Å². The van der Waals surface area contributed by atoms with Crippen molar-refractivity contribution in [1.29, 1.82) is 5.26 Å². The first-order valence-corrected chi connectivity index (χ1v) is 5.44. The summed E-state index contributed by atoms with van der Waals surface area (Å²) in [6, 6.07) is 6.11. The van der Waals surface area contributed by atoms with Crippen molar-refractivity contribution < 1.29 is 4.42 Å². The molecule has 1 aliphatic rings. The van der Waals surface area contributed by atoms with Crippen molar-refractivity contribution >= 4 is 5.88 Å². The van der Waals surface area contributed by atoms with Crippen LogP contribution in [0, 0.1) is 11.3 Å². The number of oxazole rings is 1. The van der Waals surface area contributed by atoms with Crippen LogP contribution < -0.4 is 5.32 Å². The van der Waals surface area contributed by atoms with Crippen LogP contribution >= 0.6 is 0 Å². The number of hydrogen-bond donors (Lipinski definition) is 1. The lowest BCUT2D eigenvalue weighted by molar-refractivity contribution is 0.584. The molecule has 0 bridgehead atoms. The second-order valence-electron chi connectivity index (χ2n) is 3.97. The molecule has 0 radical (unpaired) electrons. The van der Waals surface area contributed by atoms with Crippen molar-refractivity contribution in [2.75, 3.05) is 5.32 Å². The molecule has 0 atom stereocenters. The molecule has 0 aliphatic heterocycles. The van der Waals surface area contributed by atoms with Crippen molar-refractivity contribution in [2.24, 2.45) is 0 Å². The molecular weight excluding hydrogens is 216 g/mol. The second-order valence-corrected chi connectivity index (χ2v) is 3.97. The maximum Gasteiger partial charge on any atom is 0.232 e. The van der Waals surface area contributed by atoms with Crippen LogP contribution in [0.15, 0.2) is 28.9 Å². The third kappa shape index (κ3) is 1.97. The Kier molecular flexibility index (Phi) is 2.26. The molecule has 0 saturated heterocycles. The number of aromatic nitrogens is 2. The van der Waals surface area contributed by atoms with Gasteiger partial charge >= 0.3 is 0 Å². The van der Waals surface area contributed by atoms with E-state index in [1.165, 1.54) is 0 Å². The van der Waals surface area contributed by atoms with Gasteiger partial charge in [0, 0.05) is 18.4 Å². The Morgan fingerprint density at radius 3 is 3.00 bits per heavy atom. The first-order valence-electron chi connectivity index (χ1n) is 5.44. The summed E-state index contributed by atoms with van der Waals surface area (Å²) in [6.45, 7) is 0. The van der Waals surface area contributed by atoms with E-state index in [0.29, 0.717) is 23.5 Å². The zero-order valence-corrected chi connectivity index (χ0v) is 9.05. The molecule has 5 heteroatoms. The van der Waals surface area contributed by atoms with Crippen molar-refractivity contribution in [3.05, 3.63) is 30.2 Å². The van der Waals surface area contributed by atoms with Crippen molar-refractivity contribution in [3.8, 4) is 17.5 Å². The predicted octanol–water partition coefficient (Wildman–Crippen LogP) is 2.18. The average Bonchev–Trinajstić information content (AvgIpc) is 3.09. The molecule has 1 saturated carbocycles.